The standard InChI is InChI=1S/C10H18O/c1-10(2,3)9(11)8-6-4-5-7-8/h6,9,11H,4-5,7H2,1-3H3. The second kappa shape index (κ2) is 2.98. The van der Waals surface area contributed by atoms with E-state index in [9.17, 15) is 5.11 Å². The summed E-state index contributed by atoms with van der Waals surface area (Å²) in [6.45, 7) is 6.24. The summed E-state index contributed by atoms with van der Waals surface area (Å²) in [6.07, 6.45) is 5.43. The average molecular weight is 154 g/mol. The van der Waals surface area contributed by atoms with Gasteiger partial charge in [0.25, 0.3) is 0 Å². The van der Waals surface area contributed by atoms with Gasteiger partial charge in [-0.05, 0) is 30.3 Å². The molecule has 1 aliphatic rings. The van der Waals surface area contributed by atoms with Crippen LogP contribution in [0.25, 0.3) is 0 Å². The summed E-state index contributed by atoms with van der Waals surface area (Å²) >= 11 is 0. The zero-order chi connectivity index (χ0) is 8.48. The molecule has 1 rings (SSSR count). The van der Waals surface area contributed by atoms with E-state index in [4.69, 9.17) is 0 Å². The minimum Gasteiger partial charge on any atom is -0.388 e. The number of aliphatic hydroxyl groups excluding tert-OH is 1. The highest BCUT2D eigenvalue weighted by molar-refractivity contribution is 5.15. The Morgan fingerprint density at radius 2 is 2.09 bits per heavy atom. The molecule has 0 heterocycles. The Kier molecular flexibility index (Phi) is 2.38. The lowest BCUT2D eigenvalue weighted by atomic mass is 9.84. The second-order valence-corrected chi connectivity index (χ2v) is 4.44. The lowest BCUT2D eigenvalue weighted by molar-refractivity contribution is 0.0928. The van der Waals surface area contributed by atoms with E-state index in [1.165, 1.54) is 12.0 Å². The van der Waals surface area contributed by atoms with Gasteiger partial charge in [0.15, 0.2) is 0 Å². The molecule has 1 unspecified atom stereocenters. The third-order valence-electron chi connectivity index (χ3n) is 2.25. The number of rotatable bonds is 1. The van der Waals surface area contributed by atoms with Gasteiger partial charge < -0.3 is 5.11 Å². The van der Waals surface area contributed by atoms with E-state index in [1.54, 1.807) is 0 Å². The van der Waals surface area contributed by atoms with Crippen LogP contribution in [0.3, 0.4) is 0 Å². The Labute approximate surface area is 69.1 Å². The van der Waals surface area contributed by atoms with Crippen molar-refractivity contribution in [3.63, 3.8) is 0 Å². The lowest BCUT2D eigenvalue weighted by Gasteiger charge is -2.26. The first kappa shape index (κ1) is 8.79. The van der Waals surface area contributed by atoms with E-state index in [0.717, 1.165) is 12.8 Å². The van der Waals surface area contributed by atoms with Gasteiger partial charge in [0.05, 0.1) is 6.10 Å². The SMILES string of the molecule is CC(C)(C)C(O)C1=CCCC1. The van der Waals surface area contributed by atoms with Gasteiger partial charge in [-0.15, -0.1) is 0 Å². The van der Waals surface area contributed by atoms with Crippen LogP contribution in [0.1, 0.15) is 40.0 Å². The Hall–Kier alpha value is -0.300. The van der Waals surface area contributed by atoms with Crippen LogP contribution in [-0.4, -0.2) is 11.2 Å². The molecular weight excluding hydrogens is 136 g/mol. The maximum Gasteiger partial charge on any atom is 0.0798 e. The Morgan fingerprint density at radius 3 is 2.45 bits per heavy atom. The molecule has 0 aromatic heterocycles. The molecule has 64 valence electrons. The van der Waals surface area contributed by atoms with Crippen LogP contribution >= 0.6 is 0 Å². The third-order valence-corrected chi connectivity index (χ3v) is 2.25. The first-order valence-electron chi connectivity index (χ1n) is 4.39. The summed E-state index contributed by atoms with van der Waals surface area (Å²) in [6, 6.07) is 0. The number of aliphatic hydroxyl groups is 1. The van der Waals surface area contributed by atoms with Crippen molar-refractivity contribution in [1.29, 1.82) is 0 Å². The van der Waals surface area contributed by atoms with E-state index in [2.05, 4.69) is 26.8 Å². The number of hydrogen-bond donors (Lipinski definition) is 1. The molecule has 1 aliphatic carbocycles. The molecule has 0 saturated heterocycles. The van der Waals surface area contributed by atoms with Gasteiger partial charge in [-0.2, -0.15) is 0 Å². The fourth-order valence-corrected chi connectivity index (χ4v) is 1.50. The van der Waals surface area contributed by atoms with Gasteiger partial charge in [0.2, 0.25) is 0 Å². The fraction of sp³-hybridized carbons (Fsp3) is 0.800. The predicted molar refractivity (Wildman–Crippen MR) is 47.4 cm³/mol. The first-order valence-corrected chi connectivity index (χ1v) is 4.39. The quantitative estimate of drug-likeness (QED) is 0.575. The second-order valence-electron chi connectivity index (χ2n) is 4.44. The molecule has 0 aromatic carbocycles. The summed E-state index contributed by atoms with van der Waals surface area (Å²) < 4.78 is 0. The summed E-state index contributed by atoms with van der Waals surface area (Å²) in [5.41, 5.74) is 1.26. The van der Waals surface area contributed by atoms with Crippen molar-refractivity contribution in [3.05, 3.63) is 11.6 Å². The molecule has 0 spiro atoms. The van der Waals surface area contributed by atoms with Gasteiger partial charge in [-0.25, -0.2) is 0 Å². The van der Waals surface area contributed by atoms with E-state index in [1.807, 2.05) is 0 Å². The van der Waals surface area contributed by atoms with Crippen molar-refractivity contribution in [3.8, 4) is 0 Å². The Balaban J connectivity index is 2.60. The Morgan fingerprint density at radius 1 is 1.45 bits per heavy atom. The van der Waals surface area contributed by atoms with Gasteiger partial charge in [-0.3, -0.25) is 0 Å². The van der Waals surface area contributed by atoms with Crippen molar-refractivity contribution in [2.75, 3.05) is 0 Å². The monoisotopic (exact) mass is 154 g/mol. The first-order chi connectivity index (χ1) is 5.02. The molecule has 0 aromatic rings. The van der Waals surface area contributed by atoms with Gasteiger partial charge >= 0.3 is 0 Å². The van der Waals surface area contributed by atoms with Crippen LogP contribution in [0.15, 0.2) is 11.6 Å². The van der Waals surface area contributed by atoms with E-state index in [0.29, 0.717) is 0 Å². The topological polar surface area (TPSA) is 20.2 Å². The van der Waals surface area contributed by atoms with Gasteiger partial charge in [0.1, 0.15) is 0 Å². The van der Waals surface area contributed by atoms with Crippen molar-refractivity contribution in [1.82, 2.24) is 0 Å². The van der Waals surface area contributed by atoms with Crippen LogP contribution in [0.2, 0.25) is 0 Å². The molecule has 1 N–H and O–H groups in total. The highest BCUT2D eigenvalue weighted by Gasteiger charge is 2.26. The van der Waals surface area contributed by atoms with Crippen LogP contribution in [0.5, 0.6) is 0 Å². The van der Waals surface area contributed by atoms with E-state index in [-0.39, 0.29) is 11.5 Å². The molecule has 1 heteroatoms. The molecule has 0 radical (unpaired) electrons. The smallest absolute Gasteiger partial charge is 0.0798 e. The number of allylic oxidation sites excluding steroid dienone is 1. The molecule has 11 heavy (non-hydrogen) atoms. The van der Waals surface area contributed by atoms with Gasteiger partial charge in [-0.1, -0.05) is 26.8 Å². The predicted octanol–water partition coefficient (Wildman–Crippen LogP) is 2.50. The van der Waals surface area contributed by atoms with Crippen LogP contribution < -0.4 is 0 Å². The summed E-state index contributed by atoms with van der Waals surface area (Å²) in [7, 11) is 0. The third kappa shape index (κ3) is 2.06. The maximum atomic E-state index is 9.82. The van der Waals surface area contributed by atoms with E-state index < -0.39 is 0 Å². The average Bonchev–Trinajstić information content (AvgIpc) is 2.34. The fourth-order valence-electron chi connectivity index (χ4n) is 1.50. The maximum absolute atomic E-state index is 9.82. The summed E-state index contributed by atoms with van der Waals surface area (Å²) in [5, 5.41) is 9.82. The summed E-state index contributed by atoms with van der Waals surface area (Å²) in [4.78, 5) is 0. The van der Waals surface area contributed by atoms with Crippen LogP contribution in [0.4, 0.5) is 0 Å². The molecule has 0 aliphatic heterocycles. The zero-order valence-corrected chi connectivity index (χ0v) is 7.72. The number of hydrogen-bond acceptors (Lipinski definition) is 1. The van der Waals surface area contributed by atoms with Crippen molar-refractivity contribution in [2.24, 2.45) is 5.41 Å². The van der Waals surface area contributed by atoms with Crippen LogP contribution in [0, 0.1) is 5.41 Å². The normalized spacial score (nSPS) is 21.6. The molecule has 0 saturated carbocycles. The molecule has 0 fully saturated rings. The molecule has 0 amide bonds. The summed E-state index contributed by atoms with van der Waals surface area (Å²) in [5.74, 6) is 0. The highest BCUT2D eigenvalue weighted by Crippen LogP contribution is 2.31. The van der Waals surface area contributed by atoms with Crippen molar-refractivity contribution < 1.29 is 5.11 Å². The molecule has 0 bridgehead atoms. The molecular formula is C10H18O. The zero-order valence-electron chi connectivity index (χ0n) is 7.72. The Bertz CT molecular complexity index is 162. The molecule has 1 atom stereocenters. The van der Waals surface area contributed by atoms with Gasteiger partial charge in [0, 0.05) is 0 Å². The lowest BCUT2D eigenvalue weighted by Crippen LogP contribution is -2.27. The highest BCUT2D eigenvalue weighted by atomic mass is 16.3. The van der Waals surface area contributed by atoms with Crippen LogP contribution in [-0.2, 0) is 0 Å². The minimum atomic E-state index is -0.231. The van der Waals surface area contributed by atoms with Crippen molar-refractivity contribution in [2.45, 2.75) is 46.1 Å². The minimum absolute atomic E-state index is 0.0101. The van der Waals surface area contributed by atoms with E-state index >= 15 is 0 Å². The van der Waals surface area contributed by atoms with Crippen molar-refractivity contribution >= 4 is 0 Å². The largest absolute Gasteiger partial charge is 0.388 e. The molecule has 1 nitrogen and oxygen atoms in total.